The van der Waals surface area contributed by atoms with Crippen LogP contribution in [0.5, 0.6) is 0 Å². The van der Waals surface area contributed by atoms with Gasteiger partial charge in [-0.05, 0) is 0 Å². The summed E-state index contributed by atoms with van der Waals surface area (Å²) in [5.74, 6) is 0. The van der Waals surface area contributed by atoms with Gasteiger partial charge in [0.2, 0.25) is 0 Å². The molecule has 0 amide bonds. The summed E-state index contributed by atoms with van der Waals surface area (Å²) in [5, 5.41) is 19.3. The summed E-state index contributed by atoms with van der Waals surface area (Å²) in [5.41, 5.74) is 0. The summed E-state index contributed by atoms with van der Waals surface area (Å²) in [6.07, 6.45) is 0. The van der Waals surface area contributed by atoms with Gasteiger partial charge in [-0.3, -0.25) is 5.21 Å². The van der Waals surface area contributed by atoms with Crippen LogP contribution in [0.1, 0.15) is 6.92 Å². The Hall–Kier alpha value is -0.513. The molecule has 0 aromatic rings. The highest BCUT2D eigenvalue weighted by Gasteiger charge is 2.25. The van der Waals surface area contributed by atoms with E-state index in [1.54, 1.807) is 6.92 Å². The van der Waals surface area contributed by atoms with Gasteiger partial charge in [-0.2, -0.15) is 0 Å². The fourth-order valence-electron chi connectivity index (χ4n) is 0.287. The van der Waals surface area contributed by atoms with Gasteiger partial charge in [-0.1, -0.05) is 19.6 Å². The minimum Gasteiger partial charge on any atom is -0.418 e. The van der Waals surface area contributed by atoms with Crippen molar-refractivity contribution in [2.75, 3.05) is 0 Å². The highest BCUT2D eigenvalue weighted by Crippen LogP contribution is 2.01. The van der Waals surface area contributed by atoms with E-state index in [1.165, 1.54) is 0 Å². The second-order valence-electron chi connectivity index (χ2n) is 3.11. The van der Waals surface area contributed by atoms with Crippen molar-refractivity contribution in [1.29, 1.82) is 0 Å². The van der Waals surface area contributed by atoms with Gasteiger partial charge < -0.3 is 5.21 Å². The molecule has 0 fully saturated rings. The summed E-state index contributed by atoms with van der Waals surface area (Å²) < 4.78 is 0. The molecule has 0 spiro atoms. The van der Waals surface area contributed by atoms with E-state index in [9.17, 15) is 5.21 Å². The van der Waals surface area contributed by atoms with Crippen LogP contribution in [0.25, 0.3) is 0 Å². The average molecular weight is 147 g/mol. The zero-order valence-corrected chi connectivity index (χ0v) is 7.30. The Kier molecular flexibility index (Phi) is 2.25. The quantitative estimate of drug-likeness (QED) is 0.199. The number of hydrogen-bond acceptors (Lipinski definition) is 2. The van der Waals surface area contributed by atoms with Crippen LogP contribution >= 0.6 is 0 Å². The Balaban J connectivity index is 4.40. The zero-order valence-electron chi connectivity index (χ0n) is 6.30. The Morgan fingerprint density at radius 3 is 1.78 bits per heavy atom. The molecule has 1 N–H and O–H groups in total. The first-order chi connectivity index (χ1) is 3.85. The van der Waals surface area contributed by atoms with Crippen molar-refractivity contribution in [1.82, 2.24) is 0 Å². The molecule has 0 aliphatic heterocycles. The second kappa shape index (κ2) is 2.39. The van der Waals surface area contributed by atoms with Crippen LogP contribution in [0.2, 0.25) is 19.6 Å². The van der Waals surface area contributed by atoms with Crippen molar-refractivity contribution in [3.8, 4) is 0 Å². The topological polar surface area (TPSA) is 46.3 Å². The fraction of sp³-hybridized carbons (Fsp3) is 0.800. The molecular weight excluding hydrogens is 134 g/mol. The van der Waals surface area contributed by atoms with Gasteiger partial charge in [0.15, 0.2) is 13.4 Å². The predicted octanol–water partition coefficient (Wildman–Crippen LogP) is 1.22. The van der Waals surface area contributed by atoms with Crippen LogP contribution in [0.3, 0.4) is 0 Å². The van der Waals surface area contributed by atoms with Gasteiger partial charge in [0.05, 0.1) is 0 Å². The SMILES string of the molecule is C/C(=[N+](\[O-])O)[Si](C)(C)C. The lowest BCUT2D eigenvalue weighted by Gasteiger charge is -2.09. The van der Waals surface area contributed by atoms with Crippen molar-refractivity contribution in [2.45, 2.75) is 26.6 Å². The zero-order chi connectivity index (χ0) is 7.65. The van der Waals surface area contributed by atoms with Crippen LogP contribution in [-0.4, -0.2) is 23.5 Å². The largest absolute Gasteiger partial charge is 0.418 e. The third-order valence-electron chi connectivity index (χ3n) is 1.37. The maximum atomic E-state index is 10.3. The normalized spacial score (nSPS) is 15.1. The minimum absolute atomic E-state index is 0.0216. The maximum absolute atomic E-state index is 10.3. The summed E-state index contributed by atoms with van der Waals surface area (Å²) in [4.78, 5) is -0.0216. The van der Waals surface area contributed by atoms with E-state index >= 15 is 0 Å². The van der Waals surface area contributed by atoms with E-state index in [2.05, 4.69) is 0 Å². The molecule has 0 unspecified atom stereocenters. The van der Waals surface area contributed by atoms with Crippen molar-refractivity contribution < 1.29 is 10.1 Å². The standard InChI is InChI=1S/C5H13NO2Si/c1-5(6(7)8)9(2,3)4/h1-4H3,(H,7,8). The summed E-state index contributed by atoms with van der Waals surface area (Å²) in [6, 6.07) is 0. The lowest BCUT2D eigenvalue weighted by atomic mass is 10.9. The van der Waals surface area contributed by atoms with Crippen molar-refractivity contribution in [3.63, 3.8) is 0 Å². The maximum Gasteiger partial charge on any atom is 0.189 e. The summed E-state index contributed by atoms with van der Waals surface area (Å²) in [6.45, 7) is 7.68. The summed E-state index contributed by atoms with van der Waals surface area (Å²) in [7, 11) is -1.54. The molecule has 0 heterocycles. The van der Waals surface area contributed by atoms with E-state index in [0.29, 0.717) is 5.33 Å². The lowest BCUT2D eigenvalue weighted by Crippen LogP contribution is -2.36. The molecule has 0 saturated carbocycles. The van der Waals surface area contributed by atoms with Crippen LogP contribution in [0.4, 0.5) is 0 Å². The Morgan fingerprint density at radius 1 is 1.44 bits per heavy atom. The summed E-state index contributed by atoms with van der Waals surface area (Å²) >= 11 is 0. The minimum atomic E-state index is -1.54. The molecule has 54 valence electrons. The number of nitrogens with zero attached hydrogens (tertiary/aromatic N) is 1. The second-order valence-corrected chi connectivity index (χ2v) is 8.33. The van der Waals surface area contributed by atoms with Crippen LogP contribution in [0, 0.1) is 5.21 Å². The third-order valence-corrected chi connectivity index (χ3v) is 3.73. The van der Waals surface area contributed by atoms with Crippen molar-refractivity contribution in [2.24, 2.45) is 0 Å². The average Bonchev–Trinajstić information content (AvgIpc) is 1.62. The first-order valence-corrected chi connectivity index (χ1v) is 6.36. The third kappa shape index (κ3) is 2.50. The van der Waals surface area contributed by atoms with Crippen LogP contribution < -0.4 is 0 Å². The van der Waals surface area contributed by atoms with E-state index in [0.717, 1.165) is 0 Å². The van der Waals surface area contributed by atoms with Gasteiger partial charge in [0.25, 0.3) is 0 Å². The highest BCUT2D eigenvalue weighted by molar-refractivity contribution is 7.03. The molecule has 0 aliphatic carbocycles. The van der Waals surface area contributed by atoms with Gasteiger partial charge in [0.1, 0.15) is 0 Å². The predicted molar refractivity (Wildman–Crippen MR) is 39.4 cm³/mol. The van der Waals surface area contributed by atoms with Gasteiger partial charge in [-0.15, -0.1) is 0 Å². The van der Waals surface area contributed by atoms with Gasteiger partial charge in [-0.25, -0.2) is 0 Å². The molecule has 4 heteroatoms. The number of rotatable bonds is 1. The van der Waals surface area contributed by atoms with Crippen molar-refractivity contribution >= 4 is 13.4 Å². The Labute approximate surface area is 56.2 Å². The van der Waals surface area contributed by atoms with Gasteiger partial charge >= 0.3 is 0 Å². The molecule has 0 rings (SSSR count). The molecule has 0 radical (unpaired) electrons. The Bertz CT molecular complexity index is 132. The Morgan fingerprint density at radius 2 is 1.78 bits per heavy atom. The van der Waals surface area contributed by atoms with Gasteiger partial charge in [0, 0.05) is 11.8 Å². The molecule has 0 aliphatic rings. The van der Waals surface area contributed by atoms with Crippen LogP contribution in [0.15, 0.2) is 0 Å². The molecule has 9 heavy (non-hydrogen) atoms. The van der Waals surface area contributed by atoms with Crippen molar-refractivity contribution in [3.05, 3.63) is 5.21 Å². The molecule has 0 atom stereocenters. The van der Waals surface area contributed by atoms with Crippen LogP contribution in [-0.2, 0) is 0 Å². The molecule has 0 saturated heterocycles. The van der Waals surface area contributed by atoms with E-state index < -0.39 is 8.07 Å². The van der Waals surface area contributed by atoms with E-state index in [1.807, 2.05) is 19.6 Å². The molecule has 0 bridgehead atoms. The fourth-order valence-corrected chi connectivity index (χ4v) is 0.861. The first kappa shape index (κ1) is 8.49. The smallest absolute Gasteiger partial charge is 0.189 e. The molecular formula is C5H13NO2Si. The highest BCUT2D eigenvalue weighted by atomic mass is 28.3. The van der Waals surface area contributed by atoms with E-state index in [4.69, 9.17) is 5.21 Å². The molecule has 3 nitrogen and oxygen atoms in total. The lowest BCUT2D eigenvalue weighted by molar-refractivity contribution is -0.725. The first-order valence-electron chi connectivity index (χ1n) is 2.86. The molecule has 0 aromatic carbocycles. The number of hydrogen-bond donors (Lipinski definition) is 1. The molecule has 0 aromatic heterocycles. The van der Waals surface area contributed by atoms with E-state index in [-0.39, 0.29) is 4.90 Å². The monoisotopic (exact) mass is 147 g/mol.